The quantitative estimate of drug-likeness (QED) is 0.805. The molecule has 0 aromatic carbocycles. The van der Waals surface area contributed by atoms with Gasteiger partial charge in [-0.3, -0.25) is 10.1 Å². The molecule has 2 aliphatic rings. The van der Waals surface area contributed by atoms with Gasteiger partial charge in [-0.1, -0.05) is 32.6 Å². The molecule has 1 aliphatic carbocycles. The van der Waals surface area contributed by atoms with E-state index in [0.717, 1.165) is 26.1 Å². The molecule has 2 rings (SSSR count). The molecular weight excluding hydrogens is 244 g/mol. The Morgan fingerprint density at radius 1 is 1.44 bits per heavy atom. The van der Waals surface area contributed by atoms with Crippen molar-refractivity contribution in [3.05, 3.63) is 0 Å². The summed E-state index contributed by atoms with van der Waals surface area (Å²) < 4.78 is 0.344. The van der Waals surface area contributed by atoms with E-state index in [1.807, 2.05) is 11.8 Å². The number of thioether (sulfide) groups is 1. The maximum Gasteiger partial charge on any atom is 0.240 e. The molecule has 1 N–H and O–H groups in total. The molecule has 0 radical (unpaired) electrons. The Hall–Kier alpha value is -0.220. The first kappa shape index (κ1) is 14.2. The molecule has 18 heavy (non-hydrogen) atoms. The van der Waals surface area contributed by atoms with Gasteiger partial charge in [0.2, 0.25) is 5.91 Å². The summed E-state index contributed by atoms with van der Waals surface area (Å²) in [5, 5.41) is 3.37. The summed E-state index contributed by atoms with van der Waals surface area (Å²) in [7, 11) is 0. The number of carbonyl (C=O) groups excluding carboxylic acids is 1. The number of nitrogens with zero attached hydrogens (tertiary/aromatic N) is 1. The number of amides is 1. The second-order valence-electron chi connectivity index (χ2n) is 5.69. The largest absolute Gasteiger partial charge is 0.327 e. The molecule has 0 aromatic heterocycles. The molecule has 0 spiro atoms. The molecule has 1 amide bonds. The molecule has 2 fully saturated rings. The molecule has 104 valence electrons. The second-order valence-corrected chi connectivity index (χ2v) is 6.96. The van der Waals surface area contributed by atoms with Crippen molar-refractivity contribution in [3.8, 4) is 0 Å². The monoisotopic (exact) mass is 270 g/mol. The van der Waals surface area contributed by atoms with E-state index in [0.29, 0.717) is 10.7 Å². The second kappa shape index (κ2) is 6.29. The smallest absolute Gasteiger partial charge is 0.240 e. The minimum atomic E-state index is 0.0882. The number of hydrogen-bond donors (Lipinski definition) is 1. The van der Waals surface area contributed by atoms with Crippen LogP contribution in [0.25, 0.3) is 0 Å². The van der Waals surface area contributed by atoms with Crippen LogP contribution in [-0.2, 0) is 4.79 Å². The van der Waals surface area contributed by atoms with Crippen molar-refractivity contribution in [2.75, 3.05) is 19.5 Å². The summed E-state index contributed by atoms with van der Waals surface area (Å²) in [4.78, 5) is 14.4. The lowest BCUT2D eigenvalue weighted by Gasteiger charge is -2.31. The van der Waals surface area contributed by atoms with Crippen LogP contribution in [0.5, 0.6) is 0 Å². The molecule has 0 aromatic rings. The summed E-state index contributed by atoms with van der Waals surface area (Å²) in [5.41, 5.74) is 0. The van der Waals surface area contributed by atoms with Gasteiger partial charge in [0.15, 0.2) is 0 Å². The SMILES string of the molecule is CCCCC1NCN(CC2(SC)CCCC2)C1=O. The topological polar surface area (TPSA) is 32.3 Å². The zero-order valence-electron chi connectivity index (χ0n) is 11.7. The third kappa shape index (κ3) is 3.02. The van der Waals surface area contributed by atoms with Crippen LogP contribution in [0.3, 0.4) is 0 Å². The number of rotatable bonds is 6. The molecule has 0 bridgehead atoms. The van der Waals surface area contributed by atoms with E-state index >= 15 is 0 Å². The van der Waals surface area contributed by atoms with Crippen molar-refractivity contribution in [1.29, 1.82) is 0 Å². The highest BCUT2D eigenvalue weighted by Gasteiger charge is 2.39. The van der Waals surface area contributed by atoms with Crippen molar-refractivity contribution < 1.29 is 4.79 Å². The van der Waals surface area contributed by atoms with Crippen LogP contribution in [-0.4, -0.2) is 41.1 Å². The predicted octanol–water partition coefficient (Wildman–Crippen LogP) is 2.61. The Kier molecular flexibility index (Phi) is 4.96. The first-order chi connectivity index (χ1) is 8.71. The molecule has 4 heteroatoms. The number of hydrogen-bond acceptors (Lipinski definition) is 3. The highest BCUT2D eigenvalue weighted by atomic mass is 32.2. The Balaban J connectivity index is 1.88. The minimum absolute atomic E-state index is 0.0882. The number of nitrogens with one attached hydrogen (secondary N) is 1. The zero-order valence-corrected chi connectivity index (χ0v) is 12.5. The lowest BCUT2D eigenvalue weighted by molar-refractivity contribution is -0.129. The van der Waals surface area contributed by atoms with Crippen LogP contribution in [0.4, 0.5) is 0 Å². The Labute approximate surface area is 115 Å². The van der Waals surface area contributed by atoms with E-state index in [-0.39, 0.29) is 6.04 Å². The Morgan fingerprint density at radius 2 is 2.17 bits per heavy atom. The fourth-order valence-corrected chi connectivity index (χ4v) is 4.15. The highest BCUT2D eigenvalue weighted by Crippen LogP contribution is 2.41. The van der Waals surface area contributed by atoms with Crippen LogP contribution in [0, 0.1) is 0 Å². The standard InChI is InChI=1S/C14H26N2OS/c1-3-4-7-12-13(17)16(11-15-12)10-14(18-2)8-5-6-9-14/h12,15H,3-11H2,1-2H3. The normalized spacial score (nSPS) is 27.1. The molecule has 3 nitrogen and oxygen atoms in total. The van der Waals surface area contributed by atoms with Gasteiger partial charge in [0.05, 0.1) is 12.7 Å². The number of carbonyl (C=O) groups is 1. The van der Waals surface area contributed by atoms with E-state index in [1.165, 1.54) is 32.1 Å². The predicted molar refractivity (Wildman–Crippen MR) is 77.7 cm³/mol. The van der Waals surface area contributed by atoms with E-state index in [9.17, 15) is 4.79 Å². The maximum atomic E-state index is 12.3. The minimum Gasteiger partial charge on any atom is -0.327 e. The maximum absolute atomic E-state index is 12.3. The Bertz CT molecular complexity index is 290. The van der Waals surface area contributed by atoms with Gasteiger partial charge in [-0.15, -0.1) is 0 Å². The first-order valence-electron chi connectivity index (χ1n) is 7.28. The Morgan fingerprint density at radius 3 is 2.78 bits per heavy atom. The lowest BCUT2D eigenvalue weighted by Crippen LogP contribution is -2.41. The third-order valence-corrected chi connectivity index (χ3v) is 5.81. The van der Waals surface area contributed by atoms with E-state index in [1.54, 1.807) is 0 Å². The van der Waals surface area contributed by atoms with Crippen LogP contribution in [0.2, 0.25) is 0 Å². The van der Waals surface area contributed by atoms with Gasteiger partial charge in [-0.25, -0.2) is 0 Å². The summed E-state index contributed by atoms with van der Waals surface area (Å²) >= 11 is 1.97. The van der Waals surface area contributed by atoms with Crippen LogP contribution in [0.15, 0.2) is 0 Å². The van der Waals surface area contributed by atoms with Gasteiger partial charge >= 0.3 is 0 Å². The van der Waals surface area contributed by atoms with E-state index < -0.39 is 0 Å². The fraction of sp³-hybridized carbons (Fsp3) is 0.929. The molecule has 1 heterocycles. The van der Waals surface area contributed by atoms with Gasteiger partial charge < -0.3 is 4.90 Å². The average molecular weight is 270 g/mol. The molecule has 1 unspecified atom stereocenters. The van der Waals surface area contributed by atoms with Gasteiger partial charge in [-0.05, 0) is 25.5 Å². The number of unbranched alkanes of at least 4 members (excludes halogenated alkanes) is 1. The highest BCUT2D eigenvalue weighted by molar-refractivity contribution is 8.00. The first-order valence-corrected chi connectivity index (χ1v) is 8.50. The molecule has 1 saturated heterocycles. The fourth-order valence-electron chi connectivity index (χ4n) is 3.17. The van der Waals surface area contributed by atoms with Crippen LogP contribution < -0.4 is 5.32 Å². The molecule has 1 aliphatic heterocycles. The average Bonchev–Trinajstić information content (AvgIpc) is 2.98. The lowest BCUT2D eigenvalue weighted by atomic mass is 10.1. The van der Waals surface area contributed by atoms with Gasteiger partial charge in [0.25, 0.3) is 0 Å². The summed E-state index contributed by atoms with van der Waals surface area (Å²) in [5.74, 6) is 0.337. The van der Waals surface area contributed by atoms with Crippen molar-refractivity contribution in [2.45, 2.75) is 62.7 Å². The van der Waals surface area contributed by atoms with E-state index in [2.05, 4.69) is 23.4 Å². The van der Waals surface area contributed by atoms with Crippen LogP contribution >= 0.6 is 11.8 Å². The van der Waals surface area contributed by atoms with Crippen molar-refractivity contribution in [1.82, 2.24) is 10.2 Å². The van der Waals surface area contributed by atoms with Crippen molar-refractivity contribution in [3.63, 3.8) is 0 Å². The summed E-state index contributed by atoms with van der Waals surface area (Å²) in [6.45, 7) is 3.89. The van der Waals surface area contributed by atoms with Gasteiger partial charge in [0, 0.05) is 11.3 Å². The van der Waals surface area contributed by atoms with Crippen LogP contribution in [0.1, 0.15) is 51.9 Å². The molecule has 1 saturated carbocycles. The molecule has 1 atom stereocenters. The van der Waals surface area contributed by atoms with E-state index in [4.69, 9.17) is 0 Å². The van der Waals surface area contributed by atoms with Gasteiger partial charge in [-0.2, -0.15) is 11.8 Å². The third-order valence-electron chi connectivity index (χ3n) is 4.41. The molecular formula is C14H26N2OS. The van der Waals surface area contributed by atoms with Crippen molar-refractivity contribution in [2.24, 2.45) is 0 Å². The van der Waals surface area contributed by atoms with Gasteiger partial charge in [0.1, 0.15) is 0 Å². The summed E-state index contributed by atoms with van der Waals surface area (Å²) in [6.07, 6.45) is 10.7. The zero-order chi connectivity index (χ0) is 13.0. The summed E-state index contributed by atoms with van der Waals surface area (Å²) in [6, 6.07) is 0.0882. The van der Waals surface area contributed by atoms with Crippen molar-refractivity contribution >= 4 is 17.7 Å².